The summed E-state index contributed by atoms with van der Waals surface area (Å²) in [5.74, 6) is 0. The SMILES string of the molecule is Cc1cccc(Cl)c1Nc1cccn2ccnc12. The fraction of sp³-hybridized carbons (Fsp3) is 0.0714. The summed E-state index contributed by atoms with van der Waals surface area (Å²) in [4.78, 5) is 4.33. The van der Waals surface area contributed by atoms with Crippen LogP contribution in [0.1, 0.15) is 5.56 Å². The van der Waals surface area contributed by atoms with E-state index in [1.54, 1.807) is 6.20 Å². The Morgan fingerprint density at radius 1 is 1.17 bits per heavy atom. The predicted molar refractivity (Wildman–Crippen MR) is 74.7 cm³/mol. The van der Waals surface area contributed by atoms with Gasteiger partial charge in [-0.2, -0.15) is 0 Å². The second kappa shape index (κ2) is 4.35. The molecule has 18 heavy (non-hydrogen) atoms. The first kappa shape index (κ1) is 11.1. The number of fused-ring (bicyclic) bond motifs is 1. The fourth-order valence-electron chi connectivity index (χ4n) is 1.97. The zero-order valence-electron chi connectivity index (χ0n) is 9.89. The van der Waals surface area contributed by atoms with Crippen LogP contribution < -0.4 is 5.32 Å². The number of hydrogen-bond donors (Lipinski definition) is 1. The van der Waals surface area contributed by atoms with Crippen LogP contribution in [0.4, 0.5) is 11.4 Å². The van der Waals surface area contributed by atoms with E-state index in [1.165, 1.54) is 0 Å². The predicted octanol–water partition coefficient (Wildman–Crippen LogP) is 4.04. The number of imidazole rings is 1. The van der Waals surface area contributed by atoms with E-state index in [-0.39, 0.29) is 0 Å². The molecule has 0 spiro atoms. The van der Waals surface area contributed by atoms with Crippen LogP contribution in [-0.2, 0) is 0 Å². The molecule has 0 fully saturated rings. The summed E-state index contributed by atoms with van der Waals surface area (Å²) in [7, 11) is 0. The van der Waals surface area contributed by atoms with Crippen LogP contribution in [0.3, 0.4) is 0 Å². The molecule has 3 nitrogen and oxygen atoms in total. The van der Waals surface area contributed by atoms with Crippen molar-refractivity contribution < 1.29 is 0 Å². The Morgan fingerprint density at radius 2 is 2.06 bits per heavy atom. The number of aromatic nitrogens is 2. The lowest BCUT2D eigenvalue weighted by Gasteiger charge is -2.12. The van der Waals surface area contributed by atoms with Crippen molar-refractivity contribution in [1.29, 1.82) is 0 Å². The van der Waals surface area contributed by atoms with Crippen LogP contribution in [0.15, 0.2) is 48.9 Å². The molecule has 3 aromatic rings. The van der Waals surface area contributed by atoms with E-state index in [2.05, 4.69) is 10.3 Å². The number of rotatable bonds is 2. The van der Waals surface area contributed by atoms with Crippen molar-refractivity contribution in [2.75, 3.05) is 5.32 Å². The number of pyridine rings is 1. The lowest BCUT2D eigenvalue weighted by Crippen LogP contribution is -1.97. The highest BCUT2D eigenvalue weighted by atomic mass is 35.5. The van der Waals surface area contributed by atoms with Gasteiger partial charge in [-0.1, -0.05) is 23.7 Å². The average molecular weight is 258 g/mol. The largest absolute Gasteiger partial charge is 0.351 e. The number of para-hydroxylation sites is 1. The van der Waals surface area contributed by atoms with Gasteiger partial charge in [0.15, 0.2) is 5.65 Å². The van der Waals surface area contributed by atoms with Crippen LogP contribution in [0.2, 0.25) is 5.02 Å². The lowest BCUT2D eigenvalue weighted by molar-refractivity contribution is 1.19. The highest BCUT2D eigenvalue weighted by Gasteiger charge is 2.07. The maximum atomic E-state index is 6.21. The summed E-state index contributed by atoms with van der Waals surface area (Å²) >= 11 is 6.21. The summed E-state index contributed by atoms with van der Waals surface area (Å²) in [5, 5.41) is 4.07. The minimum atomic E-state index is 0.712. The number of benzene rings is 1. The Hall–Kier alpha value is -2.00. The summed E-state index contributed by atoms with van der Waals surface area (Å²) < 4.78 is 1.97. The van der Waals surface area contributed by atoms with Gasteiger partial charge in [-0.15, -0.1) is 0 Å². The first-order chi connectivity index (χ1) is 8.75. The molecule has 2 heterocycles. The van der Waals surface area contributed by atoms with Gasteiger partial charge in [-0.3, -0.25) is 0 Å². The topological polar surface area (TPSA) is 29.3 Å². The Kier molecular flexibility index (Phi) is 2.68. The van der Waals surface area contributed by atoms with E-state index in [1.807, 2.05) is 54.0 Å². The molecule has 0 amide bonds. The quantitative estimate of drug-likeness (QED) is 0.751. The van der Waals surface area contributed by atoms with Crippen LogP contribution >= 0.6 is 11.6 Å². The molecule has 0 aliphatic rings. The zero-order chi connectivity index (χ0) is 12.5. The molecule has 2 aromatic heterocycles. The average Bonchev–Trinajstić information content (AvgIpc) is 2.83. The molecule has 0 atom stereocenters. The van der Waals surface area contributed by atoms with Gasteiger partial charge < -0.3 is 9.72 Å². The maximum Gasteiger partial charge on any atom is 0.160 e. The molecule has 3 rings (SSSR count). The van der Waals surface area contributed by atoms with Crippen molar-refractivity contribution in [2.24, 2.45) is 0 Å². The fourth-order valence-corrected chi connectivity index (χ4v) is 2.24. The molecule has 0 saturated heterocycles. The first-order valence-electron chi connectivity index (χ1n) is 5.69. The highest BCUT2D eigenvalue weighted by molar-refractivity contribution is 6.33. The number of nitrogens with one attached hydrogen (secondary N) is 1. The van der Waals surface area contributed by atoms with Crippen LogP contribution in [0.5, 0.6) is 0 Å². The standard InChI is InChI=1S/C14H12ClN3/c1-10-4-2-5-11(15)13(10)17-12-6-3-8-18-9-7-16-14(12)18/h2-9,17H,1H3. The molecule has 0 saturated carbocycles. The second-order valence-corrected chi connectivity index (χ2v) is 4.54. The van der Waals surface area contributed by atoms with Gasteiger partial charge >= 0.3 is 0 Å². The molecule has 0 unspecified atom stereocenters. The smallest absolute Gasteiger partial charge is 0.160 e. The summed E-state index contributed by atoms with van der Waals surface area (Å²) in [5.41, 5.74) is 3.86. The summed E-state index contributed by atoms with van der Waals surface area (Å²) in [6.07, 6.45) is 5.66. The molecule has 0 aliphatic carbocycles. The zero-order valence-corrected chi connectivity index (χ0v) is 10.6. The van der Waals surface area contributed by atoms with Crippen LogP contribution in [0.25, 0.3) is 5.65 Å². The molecule has 0 radical (unpaired) electrons. The van der Waals surface area contributed by atoms with Crippen molar-refractivity contribution in [1.82, 2.24) is 9.38 Å². The van der Waals surface area contributed by atoms with Gasteiger partial charge in [0.2, 0.25) is 0 Å². The number of anilines is 2. The van der Waals surface area contributed by atoms with Gasteiger partial charge in [0.1, 0.15) is 0 Å². The Balaban J connectivity index is 2.09. The third kappa shape index (κ3) is 1.83. The first-order valence-corrected chi connectivity index (χ1v) is 6.07. The summed E-state index contributed by atoms with van der Waals surface area (Å²) in [6, 6.07) is 9.82. The molecular formula is C14H12ClN3. The third-order valence-electron chi connectivity index (χ3n) is 2.90. The van der Waals surface area contributed by atoms with Crippen LogP contribution in [0, 0.1) is 6.92 Å². The van der Waals surface area contributed by atoms with E-state index in [4.69, 9.17) is 11.6 Å². The Bertz CT molecular complexity index is 683. The molecule has 4 heteroatoms. The van der Waals surface area contributed by atoms with Gasteiger partial charge in [0.25, 0.3) is 0 Å². The van der Waals surface area contributed by atoms with Crippen molar-refractivity contribution in [3.8, 4) is 0 Å². The molecular weight excluding hydrogens is 246 g/mol. The molecule has 0 bridgehead atoms. The number of aryl methyl sites for hydroxylation is 1. The number of halogens is 1. The minimum absolute atomic E-state index is 0.712. The number of nitrogens with zero attached hydrogens (tertiary/aromatic N) is 2. The van der Waals surface area contributed by atoms with Crippen molar-refractivity contribution >= 4 is 28.6 Å². The molecule has 90 valence electrons. The van der Waals surface area contributed by atoms with Crippen molar-refractivity contribution in [3.63, 3.8) is 0 Å². The van der Waals surface area contributed by atoms with E-state index in [9.17, 15) is 0 Å². The maximum absolute atomic E-state index is 6.21. The Morgan fingerprint density at radius 3 is 2.89 bits per heavy atom. The Labute approximate surface area is 110 Å². The summed E-state index contributed by atoms with van der Waals surface area (Å²) in [6.45, 7) is 2.03. The molecule has 1 N–H and O–H groups in total. The van der Waals surface area contributed by atoms with Gasteiger partial charge in [0, 0.05) is 18.6 Å². The van der Waals surface area contributed by atoms with Gasteiger partial charge in [0.05, 0.1) is 16.4 Å². The third-order valence-corrected chi connectivity index (χ3v) is 3.22. The number of hydrogen-bond acceptors (Lipinski definition) is 2. The van der Waals surface area contributed by atoms with E-state index >= 15 is 0 Å². The van der Waals surface area contributed by atoms with Crippen molar-refractivity contribution in [2.45, 2.75) is 6.92 Å². The molecule has 1 aromatic carbocycles. The second-order valence-electron chi connectivity index (χ2n) is 4.14. The van der Waals surface area contributed by atoms with Gasteiger partial charge in [-0.25, -0.2) is 4.98 Å². The monoisotopic (exact) mass is 257 g/mol. The van der Waals surface area contributed by atoms with Crippen LogP contribution in [-0.4, -0.2) is 9.38 Å². The van der Waals surface area contributed by atoms with Gasteiger partial charge in [-0.05, 0) is 30.7 Å². The van der Waals surface area contributed by atoms with E-state index < -0.39 is 0 Å². The lowest BCUT2D eigenvalue weighted by atomic mass is 10.2. The molecule has 0 aliphatic heterocycles. The van der Waals surface area contributed by atoms with Crippen molar-refractivity contribution in [3.05, 3.63) is 59.5 Å². The minimum Gasteiger partial charge on any atom is -0.351 e. The highest BCUT2D eigenvalue weighted by Crippen LogP contribution is 2.29. The van der Waals surface area contributed by atoms with E-state index in [0.717, 1.165) is 22.6 Å². The normalized spacial score (nSPS) is 10.8. The van der Waals surface area contributed by atoms with E-state index in [0.29, 0.717) is 5.02 Å².